The number of piperidine rings is 1. The number of nitrogens with zero attached hydrogens (tertiary/aromatic N) is 1. The van der Waals surface area contributed by atoms with E-state index in [4.69, 9.17) is 0 Å². The third-order valence-corrected chi connectivity index (χ3v) is 3.92. The summed E-state index contributed by atoms with van der Waals surface area (Å²) in [5, 5.41) is 3.00. The molecule has 2 unspecified atom stereocenters. The highest BCUT2D eigenvalue weighted by Crippen LogP contribution is 2.20. The second kappa shape index (κ2) is 7.44. The van der Waals surface area contributed by atoms with Crippen molar-refractivity contribution in [3.05, 3.63) is 35.9 Å². The first-order chi connectivity index (χ1) is 9.65. The van der Waals surface area contributed by atoms with Gasteiger partial charge in [0.25, 0.3) is 5.91 Å². The van der Waals surface area contributed by atoms with Crippen molar-refractivity contribution < 1.29 is 4.79 Å². The van der Waals surface area contributed by atoms with E-state index in [1.54, 1.807) is 0 Å². The monoisotopic (exact) mass is 274 g/mol. The lowest BCUT2D eigenvalue weighted by Gasteiger charge is -2.34. The summed E-state index contributed by atoms with van der Waals surface area (Å²) in [5.74, 6) is 1.64. The van der Waals surface area contributed by atoms with Gasteiger partial charge in [0.1, 0.15) is 0 Å². The predicted molar refractivity (Wildman–Crippen MR) is 82.8 cm³/mol. The largest absolute Gasteiger partial charge is 0.352 e. The molecule has 0 radical (unpaired) electrons. The average molecular weight is 274 g/mol. The van der Waals surface area contributed by atoms with Crippen LogP contribution in [0.2, 0.25) is 0 Å². The molecule has 2 rings (SSSR count). The predicted octanol–water partition coefficient (Wildman–Crippen LogP) is 2.78. The van der Waals surface area contributed by atoms with Crippen LogP contribution in [0.15, 0.2) is 30.3 Å². The summed E-state index contributed by atoms with van der Waals surface area (Å²) in [6.07, 6.45) is 2.37. The highest BCUT2D eigenvalue weighted by molar-refractivity contribution is 5.94. The minimum atomic E-state index is 0.0333. The molecule has 1 aliphatic heterocycles. The molecule has 1 saturated heterocycles. The van der Waals surface area contributed by atoms with E-state index in [1.165, 1.54) is 19.5 Å². The van der Waals surface area contributed by atoms with Gasteiger partial charge in [-0.05, 0) is 43.4 Å². The number of likely N-dealkylation sites (tertiary alicyclic amines) is 1. The van der Waals surface area contributed by atoms with Crippen LogP contribution < -0.4 is 5.32 Å². The van der Waals surface area contributed by atoms with Gasteiger partial charge < -0.3 is 10.2 Å². The fourth-order valence-corrected chi connectivity index (χ4v) is 3.17. The summed E-state index contributed by atoms with van der Waals surface area (Å²) in [6.45, 7) is 8.92. The quantitative estimate of drug-likeness (QED) is 0.837. The van der Waals surface area contributed by atoms with Crippen LogP contribution in [0.25, 0.3) is 0 Å². The van der Waals surface area contributed by atoms with Crippen molar-refractivity contribution in [2.24, 2.45) is 11.8 Å². The Morgan fingerprint density at radius 2 is 1.85 bits per heavy atom. The zero-order chi connectivity index (χ0) is 14.4. The Kier molecular flexibility index (Phi) is 5.60. The van der Waals surface area contributed by atoms with E-state index in [0.29, 0.717) is 0 Å². The molecule has 3 nitrogen and oxygen atoms in total. The van der Waals surface area contributed by atoms with Gasteiger partial charge in [-0.15, -0.1) is 0 Å². The second-order valence-corrected chi connectivity index (χ2v) is 6.18. The Morgan fingerprint density at radius 1 is 1.20 bits per heavy atom. The van der Waals surface area contributed by atoms with Gasteiger partial charge in [-0.25, -0.2) is 0 Å². The van der Waals surface area contributed by atoms with Gasteiger partial charge in [-0.2, -0.15) is 0 Å². The molecule has 1 heterocycles. The van der Waals surface area contributed by atoms with Crippen LogP contribution in [-0.2, 0) is 0 Å². The smallest absolute Gasteiger partial charge is 0.251 e. The molecule has 0 bridgehead atoms. The van der Waals surface area contributed by atoms with Crippen LogP contribution in [0.4, 0.5) is 0 Å². The molecule has 0 saturated carbocycles. The molecule has 1 aromatic carbocycles. The fourth-order valence-electron chi connectivity index (χ4n) is 3.17. The van der Waals surface area contributed by atoms with Crippen LogP contribution in [0.5, 0.6) is 0 Å². The van der Waals surface area contributed by atoms with Gasteiger partial charge in [0.05, 0.1) is 0 Å². The summed E-state index contributed by atoms with van der Waals surface area (Å²) >= 11 is 0. The summed E-state index contributed by atoms with van der Waals surface area (Å²) < 4.78 is 0. The van der Waals surface area contributed by atoms with E-state index < -0.39 is 0 Å². The molecule has 0 spiro atoms. The number of hydrogen-bond donors (Lipinski definition) is 1. The van der Waals surface area contributed by atoms with Crippen molar-refractivity contribution in [1.29, 1.82) is 0 Å². The van der Waals surface area contributed by atoms with Crippen LogP contribution >= 0.6 is 0 Å². The number of benzene rings is 1. The second-order valence-electron chi connectivity index (χ2n) is 6.18. The van der Waals surface area contributed by atoms with Gasteiger partial charge in [0.2, 0.25) is 0 Å². The SMILES string of the molecule is CC1CC(C)CN(CCCNC(=O)c2ccccc2)C1. The van der Waals surface area contributed by atoms with Crippen LogP contribution in [0, 0.1) is 11.8 Å². The number of carbonyl (C=O) groups excluding carboxylic acids is 1. The van der Waals surface area contributed by atoms with Gasteiger partial charge in [0.15, 0.2) is 0 Å². The number of carbonyl (C=O) groups is 1. The van der Waals surface area contributed by atoms with Crippen molar-refractivity contribution in [1.82, 2.24) is 10.2 Å². The highest BCUT2D eigenvalue weighted by atomic mass is 16.1. The van der Waals surface area contributed by atoms with Crippen molar-refractivity contribution in [3.8, 4) is 0 Å². The third-order valence-electron chi connectivity index (χ3n) is 3.92. The summed E-state index contributed by atoms with van der Waals surface area (Å²) in [5.41, 5.74) is 0.743. The first-order valence-corrected chi connectivity index (χ1v) is 7.70. The molecule has 0 aromatic heterocycles. The molecular weight excluding hydrogens is 248 g/mol. The number of nitrogens with one attached hydrogen (secondary N) is 1. The molecule has 1 aromatic rings. The van der Waals surface area contributed by atoms with Crippen molar-refractivity contribution in [2.75, 3.05) is 26.2 Å². The van der Waals surface area contributed by atoms with E-state index >= 15 is 0 Å². The first-order valence-electron chi connectivity index (χ1n) is 7.70. The molecule has 3 heteroatoms. The molecule has 1 aliphatic rings. The van der Waals surface area contributed by atoms with E-state index in [2.05, 4.69) is 24.1 Å². The topological polar surface area (TPSA) is 32.3 Å². The molecule has 1 amide bonds. The minimum Gasteiger partial charge on any atom is -0.352 e. The van der Waals surface area contributed by atoms with Gasteiger partial charge >= 0.3 is 0 Å². The minimum absolute atomic E-state index is 0.0333. The molecule has 0 aliphatic carbocycles. The van der Waals surface area contributed by atoms with Crippen molar-refractivity contribution in [3.63, 3.8) is 0 Å². The van der Waals surface area contributed by atoms with Crippen LogP contribution in [-0.4, -0.2) is 37.0 Å². The maximum absolute atomic E-state index is 11.9. The maximum Gasteiger partial charge on any atom is 0.251 e. The van der Waals surface area contributed by atoms with Gasteiger partial charge in [-0.1, -0.05) is 32.0 Å². The van der Waals surface area contributed by atoms with E-state index in [-0.39, 0.29) is 5.91 Å². The molecule has 2 atom stereocenters. The Labute approximate surface area is 122 Å². The van der Waals surface area contributed by atoms with E-state index in [0.717, 1.165) is 36.9 Å². The van der Waals surface area contributed by atoms with Crippen LogP contribution in [0.1, 0.15) is 37.0 Å². The summed E-state index contributed by atoms with van der Waals surface area (Å²) in [4.78, 5) is 14.4. The summed E-state index contributed by atoms with van der Waals surface area (Å²) in [6, 6.07) is 9.42. The normalized spacial score (nSPS) is 23.5. The van der Waals surface area contributed by atoms with Crippen LogP contribution in [0.3, 0.4) is 0 Å². The van der Waals surface area contributed by atoms with E-state index in [9.17, 15) is 4.79 Å². The van der Waals surface area contributed by atoms with Crippen molar-refractivity contribution in [2.45, 2.75) is 26.7 Å². The Balaban J connectivity index is 1.65. The Hall–Kier alpha value is -1.35. The number of amides is 1. The zero-order valence-electron chi connectivity index (χ0n) is 12.6. The van der Waals surface area contributed by atoms with Gasteiger partial charge in [-0.3, -0.25) is 4.79 Å². The molecule has 1 N–H and O–H groups in total. The fraction of sp³-hybridized carbons (Fsp3) is 0.588. The van der Waals surface area contributed by atoms with Crippen molar-refractivity contribution >= 4 is 5.91 Å². The average Bonchev–Trinajstić information content (AvgIpc) is 2.43. The highest BCUT2D eigenvalue weighted by Gasteiger charge is 2.20. The zero-order valence-corrected chi connectivity index (χ0v) is 12.6. The molecule has 110 valence electrons. The maximum atomic E-state index is 11.9. The van der Waals surface area contributed by atoms with Gasteiger partial charge in [0, 0.05) is 25.2 Å². The summed E-state index contributed by atoms with van der Waals surface area (Å²) in [7, 11) is 0. The molecule has 20 heavy (non-hydrogen) atoms. The molecular formula is C17H26N2O. The lowest BCUT2D eigenvalue weighted by Crippen LogP contribution is -2.40. The Bertz CT molecular complexity index is 408. The number of rotatable bonds is 5. The number of hydrogen-bond acceptors (Lipinski definition) is 2. The Morgan fingerprint density at radius 3 is 2.50 bits per heavy atom. The molecule has 1 fully saturated rings. The van der Waals surface area contributed by atoms with E-state index in [1.807, 2.05) is 30.3 Å². The lowest BCUT2D eigenvalue weighted by molar-refractivity contribution is 0.0947. The first kappa shape index (κ1) is 15.0. The third kappa shape index (κ3) is 4.64. The standard InChI is InChI=1S/C17H26N2O/c1-14-11-15(2)13-19(12-14)10-6-9-18-17(20)16-7-4-3-5-8-16/h3-5,7-8,14-15H,6,9-13H2,1-2H3,(H,18,20). The lowest BCUT2D eigenvalue weighted by atomic mass is 9.92.